The molecule has 0 bridgehead atoms. The number of carbonyl (C=O) groups excluding carboxylic acids is 3. The molecule has 166 valence electrons. The van der Waals surface area contributed by atoms with Crippen LogP contribution in [0.25, 0.3) is 0 Å². The van der Waals surface area contributed by atoms with Crippen molar-refractivity contribution in [2.45, 2.75) is 52.1 Å². The first-order valence-corrected chi connectivity index (χ1v) is 10.9. The summed E-state index contributed by atoms with van der Waals surface area (Å²) < 4.78 is 1.49. The normalized spacial score (nSPS) is 21.8. The van der Waals surface area contributed by atoms with Crippen LogP contribution in [0.2, 0.25) is 0 Å². The monoisotopic (exact) mass is 418 g/mol. The number of fused-ring (bicyclic) bond motifs is 1. The Morgan fingerprint density at radius 3 is 2.57 bits per heavy atom. The molecule has 30 heavy (non-hydrogen) atoms. The lowest BCUT2D eigenvalue weighted by Gasteiger charge is -2.40. The summed E-state index contributed by atoms with van der Waals surface area (Å²) in [5.41, 5.74) is -0.524. The molecule has 1 atom stereocenters. The highest BCUT2D eigenvalue weighted by Gasteiger charge is 2.46. The van der Waals surface area contributed by atoms with E-state index in [0.717, 1.165) is 26.1 Å². The average molecular weight is 419 g/mol. The first-order valence-electron chi connectivity index (χ1n) is 10.9. The van der Waals surface area contributed by atoms with Gasteiger partial charge in [0.2, 0.25) is 5.91 Å². The Morgan fingerprint density at radius 2 is 1.90 bits per heavy atom. The van der Waals surface area contributed by atoms with E-state index in [2.05, 4.69) is 34.5 Å². The Hall–Kier alpha value is -2.42. The summed E-state index contributed by atoms with van der Waals surface area (Å²) in [5, 5.41) is 10.2. The van der Waals surface area contributed by atoms with Crippen molar-refractivity contribution in [2.75, 3.05) is 39.8 Å². The lowest BCUT2D eigenvalue weighted by Crippen LogP contribution is -2.62. The van der Waals surface area contributed by atoms with E-state index in [-0.39, 0.29) is 30.0 Å². The Bertz CT molecular complexity index is 799. The van der Waals surface area contributed by atoms with Gasteiger partial charge >= 0.3 is 0 Å². The molecule has 0 aromatic carbocycles. The first kappa shape index (κ1) is 22.3. The molecule has 1 aromatic heterocycles. The average Bonchev–Trinajstić information content (AvgIpc) is 3.35. The molecule has 1 fully saturated rings. The highest BCUT2D eigenvalue weighted by Crippen LogP contribution is 2.26. The molecule has 3 rings (SSSR count). The van der Waals surface area contributed by atoms with Gasteiger partial charge in [-0.05, 0) is 45.2 Å². The molecule has 0 saturated carbocycles. The van der Waals surface area contributed by atoms with Gasteiger partial charge in [-0.2, -0.15) is 5.10 Å². The molecule has 0 aliphatic carbocycles. The van der Waals surface area contributed by atoms with E-state index in [0.29, 0.717) is 24.7 Å². The summed E-state index contributed by atoms with van der Waals surface area (Å²) in [6.45, 7) is 10.2. The van der Waals surface area contributed by atoms with E-state index in [4.69, 9.17) is 0 Å². The van der Waals surface area contributed by atoms with Gasteiger partial charge < -0.3 is 20.4 Å². The van der Waals surface area contributed by atoms with Gasteiger partial charge in [-0.25, -0.2) is 0 Å². The Labute approximate surface area is 178 Å². The van der Waals surface area contributed by atoms with Crippen molar-refractivity contribution in [3.05, 3.63) is 17.5 Å². The lowest BCUT2D eigenvalue weighted by molar-refractivity contribution is -0.132. The number of rotatable bonds is 8. The minimum Gasteiger partial charge on any atom is -0.354 e. The Balaban J connectivity index is 1.65. The van der Waals surface area contributed by atoms with Gasteiger partial charge in [0.1, 0.15) is 11.2 Å². The first-order chi connectivity index (χ1) is 14.2. The van der Waals surface area contributed by atoms with Crippen molar-refractivity contribution in [3.63, 3.8) is 0 Å². The molecule has 2 aliphatic rings. The lowest BCUT2D eigenvalue weighted by atomic mass is 9.95. The number of likely N-dealkylation sites (N-methyl/N-ethyl adjacent to an activating group) is 1. The predicted molar refractivity (Wildman–Crippen MR) is 113 cm³/mol. The second kappa shape index (κ2) is 9.16. The maximum atomic E-state index is 12.9. The topological polar surface area (TPSA) is 99.6 Å². The van der Waals surface area contributed by atoms with Crippen LogP contribution in [0.4, 0.5) is 0 Å². The number of carbonyl (C=O) groups is 3. The smallest absolute Gasteiger partial charge is 0.272 e. The SMILES string of the molecule is CC(C)CCNC(=O)[C@]1(C)Cn2nc(C(=O)NCCN3CCCC3)cc2C(=O)N1C. The minimum absolute atomic E-state index is 0.206. The van der Waals surface area contributed by atoms with Crippen LogP contribution in [0.3, 0.4) is 0 Å². The molecule has 9 heteroatoms. The summed E-state index contributed by atoms with van der Waals surface area (Å²) in [6, 6.07) is 1.51. The van der Waals surface area contributed by atoms with Gasteiger partial charge in [0.05, 0.1) is 6.54 Å². The molecule has 0 radical (unpaired) electrons. The molecule has 3 heterocycles. The van der Waals surface area contributed by atoms with Crippen LogP contribution in [0, 0.1) is 5.92 Å². The largest absolute Gasteiger partial charge is 0.354 e. The van der Waals surface area contributed by atoms with E-state index in [1.54, 1.807) is 14.0 Å². The zero-order chi connectivity index (χ0) is 21.9. The van der Waals surface area contributed by atoms with Crippen LogP contribution in [-0.4, -0.2) is 82.6 Å². The number of hydrogen-bond donors (Lipinski definition) is 2. The summed E-state index contributed by atoms with van der Waals surface area (Å²) in [6.07, 6.45) is 3.29. The van der Waals surface area contributed by atoms with Crippen molar-refractivity contribution >= 4 is 17.7 Å². The summed E-state index contributed by atoms with van der Waals surface area (Å²) >= 11 is 0. The number of aromatic nitrogens is 2. The van der Waals surface area contributed by atoms with Crippen LogP contribution < -0.4 is 10.6 Å². The number of likely N-dealkylation sites (tertiary alicyclic amines) is 1. The molecule has 3 amide bonds. The van der Waals surface area contributed by atoms with Crippen LogP contribution in [0.5, 0.6) is 0 Å². The van der Waals surface area contributed by atoms with E-state index in [1.165, 1.54) is 28.5 Å². The van der Waals surface area contributed by atoms with Gasteiger partial charge in [0, 0.05) is 32.7 Å². The van der Waals surface area contributed by atoms with Crippen molar-refractivity contribution in [1.82, 2.24) is 30.2 Å². The zero-order valence-electron chi connectivity index (χ0n) is 18.5. The maximum Gasteiger partial charge on any atom is 0.272 e. The van der Waals surface area contributed by atoms with Crippen molar-refractivity contribution in [2.24, 2.45) is 5.92 Å². The Kier molecular flexibility index (Phi) is 6.80. The molecular weight excluding hydrogens is 384 g/mol. The number of hydrogen-bond acceptors (Lipinski definition) is 5. The predicted octanol–water partition coefficient (Wildman–Crippen LogP) is 0.715. The quantitative estimate of drug-likeness (QED) is 0.648. The Morgan fingerprint density at radius 1 is 1.20 bits per heavy atom. The van der Waals surface area contributed by atoms with Crippen molar-refractivity contribution in [1.29, 1.82) is 0 Å². The second-order valence-corrected chi connectivity index (χ2v) is 8.95. The molecule has 2 aliphatic heterocycles. The third-order valence-electron chi connectivity index (χ3n) is 6.14. The fraction of sp³-hybridized carbons (Fsp3) is 0.714. The van der Waals surface area contributed by atoms with E-state index >= 15 is 0 Å². The van der Waals surface area contributed by atoms with Gasteiger partial charge in [-0.1, -0.05) is 13.8 Å². The zero-order valence-corrected chi connectivity index (χ0v) is 18.5. The fourth-order valence-corrected chi connectivity index (χ4v) is 3.93. The van der Waals surface area contributed by atoms with Gasteiger partial charge in [-0.3, -0.25) is 19.1 Å². The van der Waals surface area contributed by atoms with E-state index in [9.17, 15) is 14.4 Å². The number of nitrogens with one attached hydrogen (secondary N) is 2. The third kappa shape index (κ3) is 4.66. The van der Waals surface area contributed by atoms with Crippen LogP contribution in [-0.2, 0) is 11.3 Å². The molecule has 0 unspecified atom stereocenters. The summed E-state index contributed by atoms with van der Waals surface area (Å²) in [5.74, 6) is -0.342. The maximum absolute atomic E-state index is 12.9. The van der Waals surface area contributed by atoms with E-state index in [1.807, 2.05) is 0 Å². The van der Waals surface area contributed by atoms with Gasteiger partial charge in [-0.15, -0.1) is 0 Å². The molecular formula is C21H34N6O3. The summed E-state index contributed by atoms with van der Waals surface area (Å²) in [7, 11) is 1.62. The van der Waals surface area contributed by atoms with Crippen LogP contribution >= 0.6 is 0 Å². The number of amides is 3. The third-order valence-corrected chi connectivity index (χ3v) is 6.14. The number of nitrogens with zero attached hydrogens (tertiary/aromatic N) is 4. The van der Waals surface area contributed by atoms with Gasteiger partial charge in [0.25, 0.3) is 11.8 Å². The molecule has 9 nitrogen and oxygen atoms in total. The van der Waals surface area contributed by atoms with Crippen LogP contribution in [0.1, 0.15) is 61.0 Å². The second-order valence-electron chi connectivity index (χ2n) is 8.95. The fourth-order valence-electron chi connectivity index (χ4n) is 3.93. The van der Waals surface area contributed by atoms with Crippen LogP contribution in [0.15, 0.2) is 6.07 Å². The molecule has 1 aromatic rings. The molecule has 0 spiro atoms. The highest BCUT2D eigenvalue weighted by atomic mass is 16.2. The summed E-state index contributed by atoms with van der Waals surface area (Å²) in [4.78, 5) is 42.0. The molecule has 1 saturated heterocycles. The van der Waals surface area contributed by atoms with Crippen molar-refractivity contribution in [3.8, 4) is 0 Å². The standard InChI is InChI=1S/C21H34N6O3/c1-15(2)7-8-23-20(30)21(3)14-27-17(19(29)25(21)4)13-16(24-27)18(28)22-9-12-26-10-5-6-11-26/h13,15H,5-12,14H2,1-4H3,(H,22,28)(H,23,30)/t21-/m0/s1. The minimum atomic E-state index is -1.06. The van der Waals surface area contributed by atoms with Crippen molar-refractivity contribution < 1.29 is 14.4 Å². The van der Waals surface area contributed by atoms with Gasteiger partial charge in [0.15, 0.2) is 5.69 Å². The molecule has 2 N–H and O–H groups in total. The van der Waals surface area contributed by atoms with E-state index < -0.39 is 5.54 Å². The highest BCUT2D eigenvalue weighted by molar-refractivity contribution is 6.01.